The Kier molecular flexibility index (Phi) is 4.43. The molecule has 5 nitrogen and oxygen atoms in total. The van der Waals surface area contributed by atoms with Crippen molar-refractivity contribution in [3.05, 3.63) is 53.5 Å². The van der Waals surface area contributed by atoms with E-state index in [1.54, 1.807) is 18.5 Å². The number of carbonyl (C=O) groups excluding carboxylic acids is 1. The highest BCUT2D eigenvalue weighted by atomic mass is 16.1. The van der Waals surface area contributed by atoms with Crippen LogP contribution in [0.5, 0.6) is 0 Å². The molecule has 1 amide bonds. The number of nitrogens with two attached hydrogens (primary N) is 1. The SMILES string of the molecule is Cc1cccnc1NC(=O)c1cncc(C#CCN)c1. The van der Waals surface area contributed by atoms with Crippen molar-refractivity contribution in [2.24, 2.45) is 5.73 Å². The number of hydrogen-bond donors (Lipinski definition) is 2. The molecule has 0 spiro atoms. The fourth-order valence-electron chi connectivity index (χ4n) is 1.58. The van der Waals surface area contributed by atoms with Crippen LogP contribution in [0, 0.1) is 18.8 Å². The summed E-state index contributed by atoms with van der Waals surface area (Å²) in [5.41, 5.74) is 7.29. The zero-order valence-electron chi connectivity index (χ0n) is 11.1. The second-order valence-corrected chi connectivity index (χ2v) is 4.09. The number of rotatable bonds is 2. The van der Waals surface area contributed by atoms with Gasteiger partial charge in [0.05, 0.1) is 12.1 Å². The lowest BCUT2D eigenvalue weighted by atomic mass is 10.2. The van der Waals surface area contributed by atoms with Gasteiger partial charge in [-0.1, -0.05) is 17.9 Å². The summed E-state index contributed by atoms with van der Waals surface area (Å²) in [4.78, 5) is 20.2. The van der Waals surface area contributed by atoms with Crippen LogP contribution in [0.1, 0.15) is 21.5 Å². The van der Waals surface area contributed by atoms with Crippen LogP contribution in [-0.2, 0) is 0 Å². The van der Waals surface area contributed by atoms with E-state index < -0.39 is 0 Å². The molecule has 0 aliphatic rings. The number of pyridine rings is 2. The summed E-state index contributed by atoms with van der Waals surface area (Å²) in [6.45, 7) is 2.15. The minimum absolute atomic E-state index is 0.267. The number of aryl methyl sites for hydroxylation is 1. The van der Waals surface area contributed by atoms with Crippen LogP contribution in [0.4, 0.5) is 5.82 Å². The molecule has 0 fully saturated rings. The molecule has 3 N–H and O–H groups in total. The quantitative estimate of drug-likeness (QED) is 0.804. The third kappa shape index (κ3) is 3.40. The second kappa shape index (κ2) is 6.45. The molecule has 20 heavy (non-hydrogen) atoms. The van der Waals surface area contributed by atoms with Crippen molar-refractivity contribution in [1.29, 1.82) is 0 Å². The highest BCUT2D eigenvalue weighted by molar-refractivity contribution is 6.04. The number of amides is 1. The average molecular weight is 266 g/mol. The van der Waals surface area contributed by atoms with Gasteiger partial charge in [0, 0.05) is 24.2 Å². The summed E-state index contributed by atoms with van der Waals surface area (Å²) in [6.07, 6.45) is 4.71. The van der Waals surface area contributed by atoms with Crippen LogP contribution in [0.3, 0.4) is 0 Å². The minimum atomic E-state index is -0.268. The largest absolute Gasteiger partial charge is 0.320 e. The van der Waals surface area contributed by atoms with Gasteiger partial charge >= 0.3 is 0 Å². The molecule has 0 saturated heterocycles. The fourth-order valence-corrected chi connectivity index (χ4v) is 1.58. The molecule has 0 bridgehead atoms. The summed E-state index contributed by atoms with van der Waals surface area (Å²) < 4.78 is 0. The molecule has 0 atom stereocenters. The summed E-state index contributed by atoms with van der Waals surface area (Å²) >= 11 is 0. The molecule has 2 aromatic heterocycles. The highest BCUT2D eigenvalue weighted by Gasteiger charge is 2.09. The molecule has 0 aromatic carbocycles. The number of nitrogens with one attached hydrogen (secondary N) is 1. The predicted molar refractivity (Wildman–Crippen MR) is 77.1 cm³/mol. The van der Waals surface area contributed by atoms with E-state index in [1.807, 2.05) is 19.1 Å². The van der Waals surface area contributed by atoms with Crippen molar-refractivity contribution in [3.63, 3.8) is 0 Å². The van der Waals surface area contributed by atoms with Gasteiger partial charge in [-0.15, -0.1) is 0 Å². The summed E-state index contributed by atoms with van der Waals surface area (Å²) in [6, 6.07) is 5.36. The smallest absolute Gasteiger partial charge is 0.258 e. The molecular formula is C15H14N4O. The van der Waals surface area contributed by atoms with E-state index in [2.05, 4.69) is 27.1 Å². The van der Waals surface area contributed by atoms with Crippen LogP contribution >= 0.6 is 0 Å². The van der Waals surface area contributed by atoms with E-state index in [4.69, 9.17) is 5.73 Å². The maximum atomic E-state index is 12.1. The Balaban J connectivity index is 2.19. The summed E-state index contributed by atoms with van der Waals surface area (Å²) in [7, 11) is 0. The summed E-state index contributed by atoms with van der Waals surface area (Å²) in [5.74, 6) is 5.83. The Hall–Kier alpha value is -2.71. The first-order valence-electron chi connectivity index (χ1n) is 6.07. The van der Waals surface area contributed by atoms with Crippen molar-refractivity contribution in [1.82, 2.24) is 9.97 Å². The fraction of sp³-hybridized carbons (Fsp3) is 0.133. The van der Waals surface area contributed by atoms with Crippen LogP contribution in [0.15, 0.2) is 36.8 Å². The average Bonchev–Trinajstić information content (AvgIpc) is 2.48. The standard InChI is InChI=1S/C15H14N4O/c1-11-4-3-7-18-14(11)19-15(20)13-8-12(5-2-6-16)9-17-10-13/h3-4,7-10H,6,16H2,1H3,(H,18,19,20). The molecule has 0 unspecified atom stereocenters. The molecule has 5 heteroatoms. The number of nitrogens with zero attached hydrogens (tertiary/aromatic N) is 2. The van der Waals surface area contributed by atoms with E-state index in [0.29, 0.717) is 16.9 Å². The first-order chi connectivity index (χ1) is 9.70. The molecule has 100 valence electrons. The maximum Gasteiger partial charge on any atom is 0.258 e. The second-order valence-electron chi connectivity index (χ2n) is 4.09. The van der Waals surface area contributed by atoms with Gasteiger partial charge in [0.2, 0.25) is 0 Å². The van der Waals surface area contributed by atoms with Crippen molar-refractivity contribution in [2.75, 3.05) is 11.9 Å². The van der Waals surface area contributed by atoms with Crippen molar-refractivity contribution < 1.29 is 4.79 Å². The number of carbonyl (C=O) groups is 1. The van der Waals surface area contributed by atoms with Crippen LogP contribution < -0.4 is 11.1 Å². The maximum absolute atomic E-state index is 12.1. The van der Waals surface area contributed by atoms with E-state index in [1.165, 1.54) is 6.20 Å². The van der Waals surface area contributed by atoms with Gasteiger partial charge in [0.1, 0.15) is 5.82 Å². The predicted octanol–water partition coefficient (Wildman–Crippen LogP) is 1.35. The van der Waals surface area contributed by atoms with Crippen molar-refractivity contribution >= 4 is 11.7 Å². The Morgan fingerprint density at radius 2 is 2.30 bits per heavy atom. The molecule has 2 rings (SSSR count). The van der Waals surface area contributed by atoms with Gasteiger partial charge < -0.3 is 11.1 Å². The molecule has 2 aromatic rings. The van der Waals surface area contributed by atoms with E-state index in [9.17, 15) is 4.79 Å². The van der Waals surface area contributed by atoms with Crippen LogP contribution in [0.25, 0.3) is 0 Å². The Labute approximate surface area is 117 Å². The third-order valence-corrected chi connectivity index (χ3v) is 2.58. The van der Waals surface area contributed by atoms with Gasteiger partial charge in [-0.25, -0.2) is 4.98 Å². The highest BCUT2D eigenvalue weighted by Crippen LogP contribution is 2.11. The molecule has 0 aliphatic heterocycles. The minimum Gasteiger partial charge on any atom is -0.320 e. The normalized spacial score (nSPS) is 9.50. The first-order valence-corrected chi connectivity index (χ1v) is 6.07. The Morgan fingerprint density at radius 3 is 3.05 bits per heavy atom. The summed E-state index contributed by atoms with van der Waals surface area (Å²) in [5, 5.41) is 2.75. The van der Waals surface area contributed by atoms with Gasteiger partial charge in [-0.3, -0.25) is 9.78 Å². The number of aromatic nitrogens is 2. The molecular weight excluding hydrogens is 252 g/mol. The van der Waals surface area contributed by atoms with E-state index in [-0.39, 0.29) is 12.5 Å². The third-order valence-electron chi connectivity index (χ3n) is 2.58. The number of hydrogen-bond acceptors (Lipinski definition) is 4. The molecule has 0 radical (unpaired) electrons. The van der Waals surface area contributed by atoms with Crippen LogP contribution in [-0.4, -0.2) is 22.4 Å². The zero-order valence-corrected chi connectivity index (χ0v) is 11.1. The van der Waals surface area contributed by atoms with Crippen LogP contribution in [0.2, 0.25) is 0 Å². The van der Waals surface area contributed by atoms with Crippen molar-refractivity contribution in [2.45, 2.75) is 6.92 Å². The molecule has 0 aliphatic carbocycles. The van der Waals surface area contributed by atoms with Gasteiger partial charge in [0.15, 0.2) is 0 Å². The topological polar surface area (TPSA) is 80.9 Å². The van der Waals surface area contributed by atoms with E-state index in [0.717, 1.165) is 5.56 Å². The lowest BCUT2D eigenvalue weighted by molar-refractivity contribution is 0.102. The lowest BCUT2D eigenvalue weighted by Gasteiger charge is -2.06. The van der Waals surface area contributed by atoms with Crippen molar-refractivity contribution in [3.8, 4) is 11.8 Å². The number of anilines is 1. The lowest BCUT2D eigenvalue weighted by Crippen LogP contribution is -2.14. The molecule has 2 heterocycles. The zero-order chi connectivity index (χ0) is 14.4. The van der Waals surface area contributed by atoms with Gasteiger partial charge in [-0.2, -0.15) is 0 Å². The first kappa shape index (κ1) is 13.7. The molecule has 0 saturated carbocycles. The van der Waals surface area contributed by atoms with Gasteiger partial charge in [-0.05, 0) is 24.6 Å². The monoisotopic (exact) mass is 266 g/mol. The Morgan fingerprint density at radius 1 is 1.45 bits per heavy atom. The Bertz CT molecular complexity index is 686. The van der Waals surface area contributed by atoms with E-state index >= 15 is 0 Å². The van der Waals surface area contributed by atoms with Gasteiger partial charge in [0.25, 0.3) is 5.91 Å².